The van der Waals surface area contributed by atoms with Gasteiger partial charge >= 0.3 is 6.61 Å². The number of halogens is 3. The summed E-state index contributed by atoms with van der Waals surface area (Å²) in [5.41, 5.74) is 2.41. The standard InChI is InChI=1S/C13H14ClF2N3O/c1-8-12(14)11(19(2)18-8)7-17-9-3-5-10(6-4-9)20-13(15)16/h3-6,13,17H,7H2,1-2H3. The van der Waals surface area contributed by atoms with Gasteiger partial charge in [0.25, 0.3) is 0 Å². The van der Waals surface area contributed by atoms with E-state index in [2.05, 4.69) is 15.2 Å². The Balaban J connectivity index is 2.00. The number of anilines is 1. The zero-order valence-electron chi connectivity index (χ0n) is 11.0. The van der Waals surface area contributed by atoms with E-state index in [1.165, 1.54) is 12.1 Å². The van der Waals surface area contributed by atoms with Gasteiger partial charge in [-0.2, -0.15) is 13.9 Å². The number of nitrogens with zero attached hydrogens (tertiary/aromatic N) is 2. The maximum Gasteiger partial charge on any atom is 0.387 e. The lowest BCUT2D eigenvalue weighted by Crippen LogP contribution is -2.06. The molecule has 0 amide bonds. The minimum absolute atomic E-state index is 0.125. The molecule has 7 heteroatoms. The first-order valence-electron chi connectivity index (χ1n) is 5.94. The highest BCUT2D eigenvalue weighted by atomic mass is 35.5. The number of rotatable bonds is 5. The molecule has 2 aromatic rings. The number of alkyl halides is 2. The lowest BCUT2D eigenvalue weighted by molar-refractivity contribution is -0.0498. The van der Waals surface area contributed by atoms with Crippen molar-refractivity contribution in [3.63, 3.8) is 0 Å². The monoisotopic (exact) mass is 301 g/mol. The zero-order valence-corrected chi connectivity index (χ0v) is 11.8. The Morgan fingerprint density at radius 1 is 1.35 bits per heavy atom. The lowest BCUT2D eigenvalue weighted by atomic mass is 10.3. The molecule has 20 heavy (non-hydrogen) atoms. The van der Waals surface area contributed by atoms with Crippen LogP contribution in [0.15, 0.2) is 24.3 Å². The molecule has 1 heterocycles. The number of hydrogen-bond acceptors (Lipinski definition) is 3. The van der Waals surface area contributed by atoms with Crippen molar-refractivity contribution in [1.82, 2.24) is 9.78 Å². The second-order valence-corrected chi connectivity index (χ2v) is 4.60. The zero-order chi connectivity index (χ0) is 14.7. The van der Waals surface area contributed by atoms with Crippen LogP contribution in [0.2, 0.25) is 5.02 Å². The van der Waals surface area contributed by atoms with E-state index in [1.807, 2.05) is 14.0 Å². The van der Waals surface area contributed by atoms with E-state index < -0.39 is 6.61 Å². The second-order valence-electron chi connectivity index (χ2n) is 4.23. The van der Waals surface area contributed by atoms with Crippen LogP contribution < -0.4 is 10.1 Å². The van der Waals surface area contributed by atoms with Crippen LogP contribution in [0, 0.1) is 6.92 Å². The lowest BCUT2D eigenvalue weighted by Gasteiger charge is -2.09. The fraction of sp³-hybridized carbons (Fsp3) is 0.308. The van der Waals surface area contributed by atoms with Gasteiger partial charge in [0.15, 0.2) is 0 Å². The fourth-order valence-corrected chi connectivity index (χ4v) is 2.04. The van der Waals surface area contributed by atoms with Crippen molar-refractivity contribution in [2.75, 3.05) is 5.32 Å². The summed E-state index contributed by atoms with van der Waals surface area (Å²) in [4.78, 5) is 0. The molecule has 4 nitrogen and oxygen atoms in total. The molecule has 0 saturated heterocycles. The Hall–Kier alpha value is -1.82. The van der Waals surface area contributed by atoms with Gasteiger partial charge in [-0.3, -0.25) is 4.68 Å². The molecule has 1 aromatic heterocycles. The summed E-state index contributed by atoms with van der Waals surface area (Å²) in [5, 5.41) is 7.98. The highest BCUT2D eigenvalue weighted by molar-refractivity contribution is 6.31. The number of aryl methyl sites for hydroxylation is 2. The molecule has 0 aliphatic rings. The summed E-state index contributed by atoms with van der Waals surface area (Å²) >= 11 is 6.14. The van der Waals surface area contributed by atoms with Crippen molar-refractivity contribution in [2.45, 2.75) is 20.1 Å². The fourth-order valence-electron chi connectivity index (χ4n) is 1.81. The number of nitrogens with one attached hydrogen (secondary N) is 1. The third-order valence-electron chi connectivity index (χ3n) is 2.80. The summed E-state index contributed by atoms with van der Waals surface area (Å²) in [7, 11) is 1.81. The van der Waals surface area contributed by atoms with Crippen molar-refractivity contribution >= 4 is 17.3 Å². The van der Waals surface area contributed by atoms with Gasteiger partial charge in [-0.05, 0) is 31.2 Å². The number of aromatic nitrogens is 2. The van der Waals surface area contributed by atoms with Gasteiger partial charge < -0.3 is 10.1 Å². The van der Waals surface area contributed by atoms with E-state index in [4.69, 9.17) is 11.6 Å². The van der Waals surface area contributed by atoms with Crippen LogP contribution in [0.1, 0.15) is 11.4 Å². The van der Waals surface area contributed by atoms with Crippen LogP contribution in [0.3, 0.4) is 0 Å². The minimum Gasteiger partial charge on any atom is -0.435 e. The molecule has 0 unspecified atom stereocenters. The minimum atomic E-state index is -2.81. The van der Waals surface area contributed by atoms with Crippen molar-refractivity contribution in [3.05, 3.63) is 40.7 Å². The highest BCUT2D eigenvalue weighted by Crippen LogP contribution is 2.22. The van der Waals surface area contributed by atoms with Gasteiger partial charge in [0, 0.05) is 12.7 Å². The van der Waals surface area contributed by atoms with Gasteiger partial charge in [0.2, 0.25) is 0 Å². The SMILES string of the molecule is Cc1nn(C)c(CNc2ccc(OC(F)F)cc2)c1Cl. The number of benzene rings is 1. The Morgan fingerprint density at radius 3 is 2.50 bits per heavy atom. The second kappa shape index (κ2) is 6.09. The van der Waals surface area contributed by atoms with Gasteiger partial charge in [0.05, 0.1) is 23.0 Å². The molecule has 0 bridgehead atoms. The van der Waals surface area contributed by atoms with Gasteiger partial charge in [-0.1, -0.05) is 11.6 Å². The first-order valence-corrected chi connectivity index (χ1v) is 6.32. The van der Waals surface area contributed by atoms with Crippen LogP contribution >= 0.6 is 11.6 Å². The van der Waals surface area contributed by atoms with Crippen LogP contribution in [0.25, 0.3) is 0 Å². The predicted octanol–water partition coefficient (Wildman–Crippen LogP) is 3.60. The molecule has 0 aliphatic heterocycles. The molecule has 0 spiro atoms. The molecule has 1 aromatic carbocycles. The summed E-state index contributed by atoms with van der Waals surface area (Å²) < 4.78 is 30.0. The molecule has 0 atom stereocenters. The molecule has 0 aliphatic carbocycles. The quantitative estimate of drug-likeness (QED) is 0.917. The molecule has 108 valence electrons. The van der Waals surface area contributed by atoms with Gasteiger partial charge in [-0.15, -0.1) is 0 Å². The molecule has 0 saturated carbocycles. The maximum absolute atomic E-state index is 12.0. The average Bonchev–Trinajstić information content (AvgIpc) is 2.62. The van der Waals surface area contributed by atoms with Crippen LogP contribution in [0.5, 0.6) is 5.75 Å². The Kier molecular flexibility index (Phi) is 4.44. The van der Waals surface area contributed by atoms with Crippen molar-refractivity contribution in [1.29, 1.82) is 0 Å². The Morgan fingerprint density at radius 2 is 2.00 bits per heavy atom. The van der Waals surface area contributed by atoms with E-state index in [1.54, 1.807) is 16.8 Å². The third-order valence-corrected chi connectivity index (χ3v) is 3.29. The third kappa shape index (κ3) is 3.39. The molecule has 1 N–H and O–H groups in total. The van der Waals surface area contributed by atoms with Crippen LogP contribution in [-0.2, 0) is 13.6 Å². The first kappa shape index (κ1) is 14.6. The first-order chi connectivity index (χ1) is 9.47. The van der Waals surface area contributed by atoms with Gasteiger partial charge in [0.1, 0.15) is 5.75 Å². The Labute approximate surface area is 120 Å². The van der Waals surface area contributed by atoms with Crippen molar-refractivity contribution in [3.8, 4) is 5.75 Å². The highest BCUT2D eigenvalue weighted by Gasteiger charge is 2.10. The van der Waals surface area contributed by atoms with Crippen molar-refractivity contribution < 1.29 is 13.5 Å². The smallest absolute Gasteiger partial charge is 0.387 e. The molecule has 0 fully saturated rings. The summed E-state index contributed by atoms with van der Waals surface area (Å²) in [6.07, 6.45) is 0. The topological polar surface area (TPSA) is 39.1 Å². The number of ether oxygens (including phenoxy) is 1. The largest absolute Gasteiger partial charge is 0.435 e. The van der Waals surface area contributed by atoms with E-state index in [9.17, 15) is 8.78 Å². The van der Waals surface area contributed by atoms with Gasteiger partial charge in [-0.25, -0.2) is 0 Å². The average molecular weight is 302 g/mol. The predicted molar refractivity (Wildman–Crippen MR) is 73.4 cm³/mol. The van der Waals surface area contributed by atoms with E-state index in [0.29, 0.717) is 11.6 Å². The normalized spacial score (nSPS) is 10.9. The Bertz CT molecular complexity index is 584. The van der Waals surface area contributed by atoms with E-state index in [-0.39, 0.29) is 5.75 Å². The number of hydrogen-bond donors (Lipinski definition) is 1. The molecule has 2 rings (SSSR count). The summed E-state index contributed by atoms with van der Waals surface area (Å²) in [6.45, 7) is -0.488. The van der Waals surface area contributed by atoms with E-state index >= 15 is 0 Å². The van der Waals surface area contributed by atoms with Crippen LogP contribution in [-0.4, -0.2) is 16.4 Å². The molecular formula is C13H14ClF2N3O. The maximum atomic E-state index is 12.0. The molecule has 0 radical (unpaired) electrons. The van der Waals surface area contributed by atoms with Crippen LogP contribution in [0.4, 0.5) is 14.5 Å². The van der Waals surface area contributed by atoms with E-state index in [0.717, 1.165) is 17.1 Å². The van der Waals surface area contributed by atoms with Crippen molar-refractivity contribution in [2.24, 2.45) is 7.05 Å². The molecular weight excluding hydrogens is 288 g/mol. The summed E-state index contributed by atoms with van der Waals surface area (Å²) in [6, 6.07) is 6.28. The summed E-state index contributed by atoms with van der Waals surface area (Å²) in [5.74, 6) is 0.125.